The first-order valence-corrected chi connectivity index (χ1v) is 10.8. The second-order valence-corrected chi connectivity index (χ2v) is 7.54. The van der Waals surface area contributed by atoms with Crippen LogP contribution in [0.4, 0.5) is 10.8 Å². The quantitative estimate of drug-likeness (QED) is 0.177. The molecule has 1 aromatic heterocycles. The number of nitrogens with zero attached hydrogens (tertiary/aromatic N) is 3. The van der Waals surface area contributed by atoms with E-state index >= 15 is 0 Å². The number of nitrogens with one attached hydrogen (secondary N) is 1. The minimum atomic E-state index is -0.422. The Morgan fingerprint density at radius 1 is 1.23 bits per heavy atom. The summed E-state index contributed by atoms with van der Waals surface area (Å²) in [6.45, 7) is 2.82. The van der Waals surface area contributed by atoms with Gasteiger partial charge in [-0.15, -0.1) is 11.3 Å². The SMILES string of the molecule is CCCCCOc1ccc(/C=N/Nc2nc(-c3cccc([N+](=O)[O-])c3)cs2)cc1OC. The third kappa shape index (κ3) is 6.26. The molecule has 0 aliphatic heterocycles. The zero-order valence-electron chi connectivity index (χ0n) is 17.4. The van der Waals surface area contributed by atoms with Crippen molar-refractivity contribution in [1.82, 2.24) is 4.98 Å². The van der Waals surface area contributed by atoms with Crippen LogP contribution in [0.15, 0.2) is 52.9 Å². The molecule has 3 rings (SSSR count). The first-order chi connectivity index (χ1) is 15.1. The molecule has 8 nitrogen and oxygen atoms in total. The lowest BCUT2D eigenvalue weighted by atomic mass is 10.1. The maximum absolute atomic E-state index is 11.0. The number of hydrogen-bond donors (Lipinski definition) is 1. The van der Waals surface area contributed by atoms with E-state index in [4.69, 9.17) is 9.47 Å². The number of nitro groups is 1. The Morgan fingerprint density at radius 3 is 2.87 bits per heavy atom. The maximum atomic E-state index is 11.0. The largest absolute Gasteiger partial charge is 0.493 e. The first kappa shape index (κ1) is 22.2. The molecule has 0 bridgehead atoms. The minimum absolute atomic E-state index is 0.0322. The van der Waals surface area contributed by atoms with Crippen LogP contribution in [0.2, 0.25) is 0 Å². The highest BCUT2D eigenvalue weighted by Gasteiger charge is 2.10. The lowest BCUT2D eigenvalue weighted by Crippen LogP contribution is -2.00. The second kappa shape index (κ2) is 11.1. The molecular weight excluding hydrogens is 416 g/mol. The van der Waals surface area contributed by atoms with Crippen LogP contribution < -0.4 is 14.9 Å². The summed E-state index contributed by atoms with van der Waals surface area (Å²) in [6, 6.07) is 12.0. The number of non-ortho nitro benzene ring substituents is 1. The van der Waals surface area contributed by atoms with Crippen LogP contribution in [0.1, 0.15) is 31.7 Å². The highest BCUT2D eigenvalue weighted by molar-refractivity contribution is 7.14. The van der Waals surface area contributed by atoms with E-state index in [2.05, 4.69) is 22.4 Å². The summed E-state index contributed by atoms with van der Waals surface area (Å²) in [5, 5.41) is 17.6. The molecule has 0 unspecified atom stereocenters. The van der Waals surface area contributed by atoms with E-state index in [-0.39, 0.29) is 5.69 Å². The molecule has 0 saturated heterocycles. The Bertz CT molecular complexity index is 1050. The topological polar surface area (TPSA) is 98.9 Å². The van der Waals surface area contributed by atoms with E-state index in [1.165, 1.54) is 23.5 Å². The smallest absolute Gasteiger partial charge is 0.270 e. The van der Waals surface area contributed by atoms with Gasteiger partial charge in [0.2, 0.25) is 5.13 Å². The monoisotopic (exact) mass is 440 g/mol. The van der Waals surface area contributed by atoms with Gasteiger partial charge in [0.05, 0.1) is 30.5 Å². The fourth-order valence-corrected chi connectivity index (χ4v) is 3.48. The van der Waals surface area contributed by atoms with Crippen molar-refractivity contribution in [2.75, 3.05) is 19.1 Å². The number of hydrogen-bond acceptors (Lipinski definition) is 8. The number of anilines is 1. The van der Waals surface area contributed by atoms with Crippen molar-refractivity contribution in [1.29, 1.82) is 0 Å². The van der Waals surface area contributed by atoms with Crippen molar-refractivity contribution in [3.63, 3.8) is 0 Å². The summed E-state index contributed by atoms with van der Waals surface area (Å²) < 4.78 is 11.2. The van der Waals surface area contributed by atoms with Crippen molar-refractivity contribution >= 4 is 28.4 Å². The number of nitro benzene ring substituents is 1. The van der Waals surface area contributed by atoms with Gasteiger partial charge in [-0.05, 0) is 30.2 Å². The number of aromatic nitrogens is 1. The van der Waals surface area contributed by atoms with Crippen LogP contribution in [0.3, 0.4) is 0 Å². The number of rotatable bonds is 11. The highest BCUT2D eigenvalue weighted by Crippen LogP contribution is 2.29. The molecule has 1 N–H and O–H groups in total. The number of methoxy groups -OCH3 is 1. The van der Waals surface area contributed by atoms with Crippen molar-refractivity contribution in [2.24, 2.45) is 5.10 Å². The molecule has 31 heavy (non-hydrogen) atoms. The summed E-state index contributed by atoms with van der Waals surface area (Å²) in [4.78, 5) is 15.0. The molecule has 1 heterocycles. The van der Waals surface area contributed by atoms with Crippen LogP contribution >= 0.6 is 11.3 Å². The van der Waals surface area contributed by atoms with Crippen molar-refractivity contribution in [3.05, 3.63) is 63.5 Å². The molecular formula is C22H24N4O4S. The van der Waals surface area contributed by atoms with E-state index < -0.39 is 4.92 Å². The molecule has 0 atom stereocenters. The molecule has 0 spiro atoms. The van der Waals surface area contributed by atoms with Gasteiger partial charge >= 0.3 is 0 Å². The van der Waals surface area contributed by atoms with Gasteiger partial charge in [-0.2, -0.15) is 5.10 Å². The predicted molar refractivity (Wildman–Crippen MR) is 123 cm³/mol. The van der Waals surface area contributed by atoms with Gasteiger partial charge in [0.1, 0.15) is 0 Å². The van der Waals surface area contributed by atoms with Gasteiger partial charge in [0.15, 0.2) is 11.5 Å². The Morgan fingerprint density at radius 2 is 2.10 bits per heavy atom. The lowest BCUT2D eigenvalue weighted by molar-refractivity contribution is -0.384. The summed E-state index contributed by atoms with van der Waals surface area (Å²) >= 11 is 1.37. The Kier molecular flexibility index (Phi) is 7.94. The third-order valence-corrected chi connectivity index (χ3v) is 5.17. The van der Waals surface area contributed by atoms with Crippen LogP contribution in [0.5, 0.6) is 11.5 Å². The number of ether oxygens (including phenoxy) is 2. The summed E-state index contributed by atoms with van der Waals surface area (Å²) in [6.07, 6.45) is 4.96. The van der Waals surface area contributed by atoms with E-state index in [0.29, 0.717) is 34.5 Å². The average Bonchev–Trinajstić information content (AvgIpc) is 3.26. The van der Waals surface area contributed by atoms with Crippen LogP contribution in [-0.4, -0.2) is 29.8 Å². The van der Waals surface area contributed by atoms with Gasteiger partial charge < -0.3 is 9.47 Å². The average molecular weight is 441 g/mol. The maximum Gasteiger partial charge on any atom is 0.270 e. The predicted octanol–water partition coefficient (Wildman–Crippen LogP) is 5.74. The molecule has 3 aromatic rings. The fourth-order valence-electron chi connectivity index (χ4n) is 2.82. The van der Waals surface area contributed by atoms with Crippen molar-refractivity contribution in [3.8, 4) is 22.8 Å². The number of thiazole rings is 1. The summed E-state index contributed by atoms with van der Waals surface area (Å²) in [5.41, 5.74) is 5.10. The zero-order valence-corrected chi connectivity index (χ0v) is 18.2. The van der Waals surface area contributed by atoms with Crippen LogP contribution in [0, 0.1) is 10.1 Å². The molecule has 0 amide bonds. The molecule has 0 saturated carbocycles. The van der Waals surface area contributed by atoms with Gasteiger partial charge in [0, 0.05) is 23.1 Å². The fraction of sp³-hybridized carbons (Fsp3) is 0.273. The summed E-state index contributed by atoms with van der Waals surface area (Å²) in [5.74, 6) is 1.37. The molecule has 0 fully saturated rings. The van der Waals surface area contributed by atoms with E-state index in [1.54, 1.807) is 25.5 Å². The zero-order chi connectivity index (χ0) is 22.1. The van der Waals surface area contributed by atoms with Crippen LogP contribution in [0.25, 0.3) is 11.3 Å². The van der Waals surface area contributed by atoms with Gasteiger partial charge in [0.25, 0.3) is 5.69 Å². The second-order valence-electron chi connectivity index (χ2n) is 6.68. The Labute approximate surface area is 184 Å². The summed E-state index contributed by atoms with van der Waals surface area (Å²) in [7, 11) is 1.61. The van der Waals surface area contributed by atoms with Gasteiger partial charge in [-0.25, -0.2) is 4.98 Å². The molecule has 9 heteroatoms. The number of hydrazone groups is 1. The van der Waals surface area contributed by atoms with Crippen molar-refractivity contribution < 1.29 is 14.4 Å². The first-order valence-electron chi connectivity index (χ1n) is 9.91. The molecule has 0 radical (unpaired) electrons. The third-order valence-electron chi connectivity index (χ3n) is 4.42. The minimum Gasteiger partial charge on any atom is -0.493 e. The van der Waals surface area contributed by atoms with Gasteiger partial charge in [-0.3, -0.25) is 15.5 Å². The lowest BCUT2D eigenvalue weighted by Gasteiger charge is -2.11. The number of benzene rings is 2. The number of unbranched alkanes of at least 4 members (excludes halogenated alkanes) is 2. The van der Waals surface area contributed by atoms with Crippen LogP contribution in [-0.2, 0) is 0 Å². The molecule has 0 aliphatic carbocycles. The standard InChI is InChI=1S/C22H24N4O4S/c1-3-4-5-11-30-20-10-9-16(12-21(20)29-2)14-23-25-22-24-19(15-31-22)17-7-6-8-18(13-17)26(27)28/h6-10,12-15H,3-5,11H2,1-2H3,(H,24,25)/b23-14+. The van der Waals surface area contributed by atoms with E-state index in [1.807, 2.05) is 23.6 Å². The van der Waals surface area contributed by atoms with E-state index in [9.17, 15) is 10.1 Å². The molecule has 162 valence electrons. The highest BCUT2D eigenvalue weighted by atomic mass is 32.1. The Hall–Kier alpha value is -3.46. The van der Waals surface area contributed by atoms with Gasteiger partial charge in [-0.1, -0.05) is 31.9 Å². The van der Waals surface area contributed by atoms with Crippen molar-refractivity contribution in [2.45, 2.75) is 26.2 Å². The van der Waals surface area contributed by atoms with E-state index in [0.717, 1.165) is 24.8 Å². The molecule has 0 aliphatic rings. The Balaban J connectivity index is 1.62. The molecule has 2 aromatic carbocycles. The normalized spacial score (nSPS) is 10.9.